The van der Waals surface area contributed by atoms with Crippen molar-refractivity contribution in [2.45, 2.75) is 44.9 Å². The summed E-state index contributed by atoms with van der Waals surface area (Å²) in [5.74, 6) is 1.52. The Morgan fingerprint density at radius 2 is 1.62 bits per heavy atom. The van der Waals surface area contributed by atoms with Crippen LogP contribution in [0.4, 0.5) is 0 Å². The van der Waals surface area contributed by atoms with Crippen LogP contribution >= 0.6 is 11.3 Å². The Bertz CT molecular complexity index is 1640. The van der Waals surface area contributed by atoms with Crippen molar-refractivity contribution < 1.29 is 49.2 Å². The van der Waals surface area contributed by atoms with Crippen LogP contribution < -0.4 is 33.1 Å². The largest absolute Gasteiger partial charge is 1.00 e. The minimum absolute atomic E-state index is 0. The van der Waals surface area contributed by atoms with E-state index in [1.54, 1.807) is 11.3 Å². The molecule has 244 valence electrons. The first-order chi connectivity index (χ1) is 22.5. The molecule has 1 amide bonds. The number of benzene rings is 3. The van der Waals surface area contributed by atoms with Crippen LogP contribution in [0, 0.1) is 0 Å². The number of carbonyl (C=O) groups excluding carboxylic acids is 1. The fourth-order valence-electron chi connectivity index (χ4n) is 6.21. The van der Waals surface area contributed by atoms with Crippen LogP contribution in [0.2, 0.25) is 0 Å². The van der Waals surface area contributed by atoms with Gasteiger partial charge in [0.05, 0.1) is 13.2 Å². The van der Waals surface area contributed by atoms with E-state index in [0.29, 0.717) is 50.7 Å². The fourth-order valence-corrected chi connectivity index (χ4v) is 7.42. The third-order valence-corrected chi connectivity index (χ3v) is 9.93. The van der Waals surface area contributed by atoms with Gasteiger partial charge in [-0.1, -0.05) is 30.3 Å². The average Bonchev–Trinajstić information content (AvgIpc) is 3.82. The predicted octanol–water partition coefficient (Wildman–Crippen LogP) is 4.00. The molecule has 2 saturated heterocycles. The number of hydrogen-bond donors (Lipinski definition) is 1. The number of amides is 1. The topological polar surface area (TPSA) is 88.5 Å². The molecule has 0 atom stereocenters. The molecule has 0 spiro atoms. The Kier molecular flexibility index (Phi) is 12.7. The first kappa shape index (κ1) is 34.8. The molecule has 2 aliphatic rings. The fraction of sp³-hybridized carbons (Fsp3) is 0.405. The summed E-state index contributed by atoms with van der Waals surface area (Å²) in [4.78, 5) is 28.4. The zero-order valence-corrected chi connectivity index (χ0v) is 28.1. The summed E-state index contributed by atoms with van der Waals surface area (Å²) in [5, 5.41) is 10.3. The van der Waals surface area contributed by atoms with Crippen molar-refractivity contribution in [3.63, 3.8) is 0 Å². The molecule has 0 bridgehead atoms. The molecule has 4 aromatic rings. The first-order valence-electron chi connectivity index (χ1n) is 16.4. The van der Waals surface area contributed by atoms with E-state index in [1.807, 2.05) is 29.2 Å². The summed E-state index contributed by atoms with van der Waals surface area (Å²) in [6, 6.07) is 22.9. The number of carbonyl (C=O) groups is 2. The predicted molar refractivity (Wildman–Crippen MR) is 182 cm³/mol. The van der Waals surface area contributed by atoms with Crippen LogP contribution in [0.1, 0.15) is 51.1 Å². The monoisotopic (exact) mass is 650 g/mol. The maximum absolute atomic E-state index is 11.9. The number of rotatable bonds is 16. The molecule has 3 aromatic carbocycles. The van der Waals surface area contributed by atoms with Gasteiger partial charge in [0, 0.05) is 35.5 Å². The molecule has 1 aromatic heterocycles. The molecular formula is C37H43LiN2O6S. The van der Waals surface area contributed by atoms with Gasteiger partial charge in [0.25, 0.3) is 0 Å². The van der Waals surface area contributed by atoms with Gasteiger partial charge in [-0.2, -0.15) is 0 Å². The minimum Gasteiger partial charge on any atom is -1.00 e. The Hall–Kier alpha value is -3.48. The Morgan fingerprint density at radius 1 is 0.851 bits per heavy atom. The van der Waals surface area contributed by atoms with Crippen molar-refractivity contribution in [2.24, 2.45) is 0 Å². The summed E-state index contributed by atoms with van der Waals surface area (Å²) >= 11 is 1.77. The normalized spacial score (nSPS) is 14.8. The number of likely N-dealkylation sites (tertiary alicyclic amines) is 2. The van der Waals surface area contributed by atoms with Crippen molar-refractivity contribution in [3.05, 3.63) is 77.9 Å². The molecule has 6 rings (SSSR count). The number of carboxylic acid groups (broad SMARTS) is 1. The number of ether oxygens (including phenoxy) is 3. The SMILES string of the molecule is O=C(O)CCCOc1cc(-c2sc3ccccc3c2Cc2ccc(OCCN3CCCC3=O)cc2)ccc1OCCN1CCCC1.[H-].[Li+]. The van der Waals surface area contributed by atoms with Gasteiger partial charge in [0.1, 0.15) is 19.0 Å². The molecule has 0 saturated carbocycles. The van der Waals surface area contributed by atoms with Gasteiger partial charge < -0.3 is 25.6 Å². The van der Waals surface area contributed by atoms with Gasteiger partial charge in [-0.15, -0.1) is 11.3 Å². The molecule has 8 nitrogen and oxygen atoms in total. The summed E-state index contributed by atoms with van der Waals surface area (Å²) in [7, 11) is 0. The van der Waals surface area contributed by atoms with Crippen LogP contribution in [-0.4, -0.2) is 79.3 Å². The Balaban J connectivity index is 0.00000260. The quantitative estimate of drug-likeness (QED) is 0.145. The van der Waals surface area contributed by atoms with Gasteiger partial charge in [-0.3, -0.25) is 14.5 Å². The van der Waals surface area contributed by atoms with E-state index in [9.17, 15) is 9.59 Å². The second-order valence-corrected chi connectivity index (χ2v) is 13.0. The summed E-state index contributed by atoms with van der Waals surface area (Å²) in [6.07, 6.45) is 5.31. The second-order valence-electron chi connectivity index (χ2n) is 12.0. The van der Waals surface area contributed by atoms with Crippen molar-refractivity contribution in [3.8, 4) is 27.7 Å². The summed E-state index contributed by atoms with van der Waals surface area (Å²) in [6.45, 7) is 5.93. The third-order valence-electron chi connectivity index (χ3n) is 8.67. The molecule has 1 N–H and O–H groups in total. The number of aliphatic carboxylic acids is 1. The van der Waals surface area contributed by atoms with Gasteiger partial charge >= 0.3 is 24.8 Å². The van der Waals surface area contributed by atoms with E-state index in [4.69, 9.17) is 19.3 Å². The van der Waals surface area contributed by atoms with Crippen LogP contribution in [0.25, 0.3) is 20.5 Å². The number of hydrogen-bond acceptors (Lipinski definition) is 7. The molecule has 10 heteroatoms. The molecule has 3 heterocycles. The Labute approximate surface area is 294 Å². The van der Waals surface area contributed by atoms with Crippen LogP contribution in [0.15, 0.2) is 66.7 Å². The van der Waals surface area contributed by atoms with E-state index in [2.05, 4.69) is 47.4 Å². The number of thiophene rings is 1. The van der Waals surface area contributed by atoms with Gasteiger partial charge in [-0.05, 0) is 104 Å². The smallest absolute Gasteiger partial charge is 1.00 e. The summed E-state index contributed by atoms with van der Waals surface area (Å²) < 4.78 is 19.5. The molecular weight excluding hydrogens is 607 g/mol. The van der Waals surface area contributed by atoms with Crippen molar-refractivity contribution in [2.75, 3.05) is 52.5 Å². The minimum atomic E-state index is -0.826. The van der Waals surface area contributed by atoms with Crippen LogP contribution in [0.3, 0.4) is 0 Å². The average molecular weight is 651 g/mol. The van der Waals surface area contributed by atoms with E-state index < -0.39 is 5.97 Å². The number of nitrogens with zero attached hydrogens (tertiary/aromatic N) is 2. The van der Waals surface area contributed by atoms with Gasteiger partial charge in [-0.25, -0.2) is 0 Å². The van der Waals surface area contributed by atoms with Gasteiger partial charge in [0.2, 0.25) is 5.91 Å². The Morgan fingerprint density at radius 3 is 2.38 bits per heavy atom. The van der Waals surface area contributed by atoms with Crippen LogP contribution in [0.5, 0.6) is 17.2 Å². The molecule has 47 heavy (non-hydrogen) atoms. The van der Waals surface area contributed by atoms with Crippen LogP contribution in [-0.2, 0) is 16.0 Å². The maximum Gasteiger partial charge on any atom is 1.00 e. The molecule has 0 aliphatic carbocycles. The van der Waals surface area contributed by atoms with Crippen molar-refractivity contribution in [1.82, 2.24) is 9.80 Å². The first-order valence-corrected chi connectivity index (χ1v) is 17.2. The standard InChI is InChI=1S/C37H42N2O6S.Li.H/c40-35-9-5-19-39(35)21-24-43-29-14-11-27(12-15-29)25-31-30-7-1-2-8-34(30)46-37(31)28-13-16-32(45-23-20-38-17-3-4-18-38)33(26-28)44-22-6-10-36(41)42;;/h1-2,7-8,11-16,26H,3-6,9-10,17-25H2,(H,41,42);;/q;+1;-1. The maximum atomic E-state index is 11.9. The molecule has 2 fully saturated rings. The number of carboxylic acids is 1. The van der Waals surface area contributed by atoms with E-state index in [1.165, 1.54) is 38.9 Å². The van der Waals surface area contributed by atoms with Crippen molar-refractivity contribution >= 4 is 33.3 Å². The van der Waals surface area contributed by atoms with E-state index >= 15 is 0 Å². The molecule has 2 aliphatic heterocycles. The zero-order chi connectivity index (χ0) is 31.7. The van der Waals surface area contributed by atoms with Gasteiger partial charge in [0.15, 0.2) is 11.5 Å². The summed E-state index contributed by atoms with van der Waals surface area (Å²) in [5.41, 5.74) is 3.48. The van der Waals surface area contributed by atoms with E-state index in [-0.39, 0.29) is 32.6 Å². The molecule has 0 radical (unpaired) electrons. The zero-order valence-electron chi connectivity index (χ0n) is 28.2. The second kappa shape index (κ2) is 17.1. The number of fused-ring (bicyclic) bond motifs is 1. The van der Waals surface area contributed by atoms with E-state index in [0.717, 1.165) is 50.3 Å². The third kappa shape index (κ3) is 9.32. The molecule has 0 unspecified atom stereocenters. The van der Waals surface area contributed by atoms with Crippen molar-refractivity contribution in [1.29, 1.82) is 0 Å².